The minimum Gasteiger partial charge on any atom is -0.326 e. The number of rotatable bonds is 1. The number of nitrogens with two attached hydrogens (primary N) is 1. The van der Waals surface area contributed by atoms with Crippen molar-refractivity contribution in [3.8, 4) is 0 Å². The van der Waals surface area contributed by atoms with Crippen molar-refractivity contribution in [2.24, 2.45) is 5.73 Å². The number of hydrogen-bond donors (Lipinski definition) is 1. The molecule has 2 N–H and O–H groups in total. The van der Waals surface area contributed by atoms with Crippen molar-refractivity contribution in [1.82, 2.24) is 4.90 Å². The van der Waals surface area contributed by atoms with Gasteiger partial charge in [0.1, 0.15) is 0 Å². The third-order valence-corrected chi connectivity index (χ3v) is 3.46. The summed E-state index contributed by atoms with van der Waals surface area (Å²) in [6, 6.07) is 4.62. The Balaban J connectivity index is 2.15. The van der Waals surface area contributed by atoms with Crippen LogP contribution in [0.15, 0.2) is 17.5 Å². The lowest BCUT2D eigenvalue weighted by atomic mass is 10.0. The first-order valence-corrected chi connectivity index (χ1v) is 5.13. The Kier molecular flexibility index (Phi) is 2.17. The third-order valence-electron chi connectivity index (χ3n) is 2.46. The van der Waals surface area contributed by atoms with E-state index in [0.717, 1.165) is 13.1 Å². The van der Waals surface area contributed by atoms with E-state index in [0.29, 0.717) is 12.0 Å². The molecule has 0 spiro atoms. The first-order chi connectivity index (χ1) is 5.77. The number of nitrogens with zero attached hydrogens (tertiary/aromatic N) is 1. The molecule has 1 saturated heterocycles. The van der Waals surface area contributed by atoms with E-state index in [1.54, 1.807) is 0 Å². The van der Waals surface area contributed by atoms with Crippen LogP contribution in [0.2, 0.25) is 0 Å². The summed E-state index contributed by atoms with van der Waals surface area (Å²) < 4.78 is 0. The van der Waals surface area contributed by atoms with Crippen molar-refractivity contribution < 1.29 is 0 Å². The molecule has 1 aromatic heterocycles. The standard InChI is InChI=1S/C9H14N2S/c1-11-5-7(8(10)6-11)9-3-2-4-12-9/h2-4,7-8H,5-6,10H2,1H3/t7-,8+/m0/s1. The number of thiophene rings is 1. The zero-order chi connectivity index (χ0) is 8.55. The molecule has 2 nitrogen and oxygen atoms in total. The topological polar surface area (TPSA) is 29.3 Å². The van der Waals surface area contributed by atoms with Crippen molar-refractivity contribution >= 4 is 11.3 Å². The fraction of sp³-hybridized carbons (Fsp3) is 0.556. The van der Waals surface area contributed by atoms with Gasteiger partial charge in [-0.1, -0.05) is 6.07 Å². The molecule has 66 valence electrons. The molecule has 0 amide bonds. The predicted molar refractivity (Wildman–Crippen MR) is 52.5 cm³/mol. The van der Waals surface area contributed by atoms with E-state index in [-0.39, 0.29) is 0 Å². The zero-order valence-electron chi connectivity index (χ0n) is 7.23. The van der Waals surface area contributed by atoms with Gasteiger partial charge in [0.2, 0.25) is 0 Å². The molecule has 1 aliphatic heterocycles. The van der Waals surface area contributed by atoms with Gasteiger partial charge in [-0.05, 0) is 18.5 Å². The van der Waals surface area contributed by atoms with Gasteiger partial charge in [0.15, 0.2) is 0 Å². The fourth-order valence-electron chi connectivity index (χ4n) is 1.84. The fourth-order valence-corrected chi connectivity index (χ4v) is 2.73. The van der Waals surface area contributed by atoms with Gasteiger partial charge in [-0.15, -0.1) is 11.3 Å². The number of hydrogen-bond acceptors (Lipinski definition) is 3. The van der Waals surface area contributed by atoms with Crippen LogP contribution in [0, 0.1) is 0 Å². The van der Waals surface area contributed by atoms with Crippen LogP contribution in [-0.2, 0) is 0 Å². The number of likely N-dealkylation sites (N-methyl/N-ethyl adjacent to an activating group) is 1. The monoisotopic (exact) mass is 182 g/mol. The summed E-state index contributed by atoms with van der Waals surface area (Å²) >= 11 is 1.82. The second-order valence-electron chi connectivity index (χ2n) is 3.51. The Morgan fingerprint density at radius 3 is 2.92 bits per heavy atom. The highest BCUT2D eigenvalue weighted by atomic mass is 32.1. The van der Waals surface area contributed by atoms with Gasteiger partial charge >= 0.3 is 0 Å². The molecule has 2 atom stereocenters. The van der Waals surface area contributed by atoms with Gasteiger partial charge in [-0.25, -0.2) is 0 Å². The van der Waals surface area contributed by atoms with Crippen LogP contribution in [-0.4, -0.2) is 31.1 Å². The van der Waals surface area contributed by atoms with Crippen LogP contribution in [0.4, 0.5) is 0 Å². The van der Waals surface area contributed by atoms with E-state index in [1.165, 1.54) is 4.88 Å². The molecule has 0 bridgehead atoms. The van der Waals surface area contributed by atoms with Crippen LogP contribution >= 0.6 is 11.3 Å². The van der Waals surface area contributed by atoms with E-state index in [2.05, 4.69) is 29.5 Å². The normalized spacial score (nSPS) is 31.2. The Labute approximate surface area is 77.0 Å². The zero-order valence-corrected chi connectivity index (χ0v) is 8.05. The average Bonchev–Trinajstić information content (AvgIpc) is 2.58. The summed E-state index contributed by atoms with van der Waals surface area (Å²) in [5.74, 6) is 0.565. The molecular weight excluding hydrogens is 168 g/mol. The molecule has 2 heterocycles. The summed E-state index contributed by atoms with van der Waals surface area (Å²) in [4.78, 5) is 3.74. The van der Waals surface area contributed by atoms with Gasteiger partial charge in [-0.2, -0.15) is 0 Å². The highest BCUT2D eigenvalue weighted by Crippen LogP contribution is 2.28. The molecule has 0 aliphatic carbocycles. The van der Waals surface area contributed by atoms with E-state index in [9.17, 15) is 0 Å². The van der Waals surface area contributed by atoms with E-state index >= 15 is 0 Å². The van der Waals surface area contributed by atoms with Crippen molar-refractivity contribution in [3.05, 3.63) is 22.4 Å². The Morgan fingerprint density at radius 2 is 2.42 bits per heavy atom. The Hall–Kier alpha value is -0.380. The maximum Gasteiger partial charge on any atom is 0.0257 e. The molecule has 12 heavy (non-hydrogen) atoms. The van der Waals surface area contributed by atoms with Crippen molar-refractivity contribution in [2.75, 3.05) is 20.1 Å². The first-order valence-electron chi connectivity index (χ1n) is 4.25. The second-order valence-corrected chi connectivity index (χ2v) is 4.49. The summed E-state index contributed by atoms with van der Waals surface area (Å²) in [5.41, 5.74) is 6.03. The van der Waals surface area contributed by atoms with Crippen LogP contribution in [0.25, 0.3) is 0 Å². The lowest BCUT2D eigenvalue weighted by Gasteiger charge is -2.10. The van der Waals surface area contributed by atoms with Crippen LogP contribution in [0.3, 0.4) is 0 Å². The Morgan fingerprint density at radius 1 is 1.58 bits per heavy atom. The lowest BCUT2D eigenvalue weighted by molar-refractivity contribution is 0.408. The van der Waals surface area contributed by atoms with Gasteiger partial charge < -0.3 is 10.6 Å². The highest BCUT2D eigenvalue weighted by molar-refractivity contribution is 7.10. The van der Waals surface area contributed by atoms with Crippen molar-refractivity contribution in [1.29, 1.82) is 0 Å². The SMILES string of the molecule is CN1C[C@@H](N)[C@@H](c2cccs2)C1. The summed E-state index contributed by atoms with van der Waals surface area (Å²) in [7, 11) is 2.13. The van der Waals surface area contributed by atoms with Gasteiger partial charge in [0.25, 0.3) is 0 Å². The predicted octanol–water partition coefficient (Wildman–Crippen LogP) is 1.10. The molecule has 0 unspecified atom stereocenters. The van der Waals surface area contributed by atoms with Crippen LogP contribution in [0.1, 0.15) is 10.8 Å². The van der Waals surface area contributed by atoms with Crippen molar-refractivity contribution in [3.63, 3.8) is 0 Å². The molecular formula is C9H14N2S. The first kappa shape index (κ1) is 8.23. The van der Waals surface area contributed by atoms with Crippen molar-refractivity contribution in [2.45, 2.75) is 12.0 Å². The molecule has 3 heteroatoms. The quantitative estimate of drug-likeness (QED) is 0.705. The summed E-state index contributed by atoms with van der Waals surface area (Å²) in [6.07, 6.45) is 0. The molecule has 0 radical (unpaired) electrons. The third kappa shape index (κ3) is 1.40. The molecule has 1 aromatic rings. The minimum absolute atomic E-state index is 0.327. The molecule has 0 saturated carbocycles. The molecule has 0 aromatic carbocycles. The second kappa shape index (κ2) is 3.17. The van der Waals surface area contributed by atoms with Gasteiger partial charge in [0, 0.05) is 29.9 Å². The molecule has 1 aliphatic rings. The highest BCUT2D eigenvalue weighted by Gasteiger charge is 2.29. The van der Waals surface area contributed by atoms with E-state index in [1.807, 2.05) is 11.3 Å². The van der Waals surface area contributed by atoms with E-state index < -0.39 is 0 Å². The summed E-state index contributed by atoms with van der Waals surface area (Å²) in [6.45, 7) is 2.14. The Bertz CT molecular complexity index is 245. The molecule has 2 rings (SSSR count). The van der Waals surface area contributed by atoms with Crippen LogP contribution in [0.5, 0.6) is 0 Å². The largest absolute Gasteiger partial charge is 0.326 e. The average molecular weight is 182 g/mol. The smallest absolute Gasteiger partial charge is 0.0257 e. The van der Waals surface area contributed by atoms with E-state index in [4.69, 9.17) is 5.73 Å². The number of likely N-dealkylation sites (tertiary alicyclic amines) is 1. The lowest BCUT2D eigenvalue weighted by Crippen LogP contribution is -2.27. The minimum atomic E-state index is 0.327. The van der Waals surface area contributed by atoms with Gasteiger partial charge in [-0.3, -0.25) is 0 Å². The maximum atomic E-state index is 6.03. The maximum absolute atomic E-state index is 6.03. The van der Waals surface area contributed by atoms with Gasteiger partial charge in [0.05, 0.1) is 0 Å². The molecule has 1 fully saturated rings. The summed E-state index contributed by atoms with van der Waals surface area (Å²) in [5, 5.41) is 2.13. The van der Waals surface area contributed by atoms with Crippen LogP contribution < -0.4 is 5.73 Å².